The van der Waals surface area contributed by atoms with E-state index in [0.29, 0.717) is 0 Å². The first-order valence-corrected chi connectivity index (χ1v) is 4.04. The van der Waals surface area contributed by atoms with Crippen molar-refractivity contribution in [2.45, 2.75) is 0 Å². The van der Waals surface area contributed by atoms with E-state index in [1.165, 1.54) is 5.37 Å². The van der Waals surface area contributed by atoms with Gasteiger partial charge < -0.3 is 0 Å². The summed E-state index contributed by atoms with van der Waals surface area (Å²) in [7, 11) is 0. The van der Waals surface area contributed by atoms with Crippen LogP contribution in [0.5, 0.6) is 0 Å². The van der Waals surface area contributed by atoms with Crippen molar-refractivity contribution in [3.8, 4) is 0 Å². The molecule has 0 fully saturated rings. The molecule has 1 aromatic carbocycles. The fraction of sp³-hybridized carbons (Fsp3) is 0. The van der Waals surface area contributed by atoms with Crippen LogP contribution in [0.1, 0.15) is 5.69 Å². The molecule has 0 N–H and O–H groups in total. The van der Waals surface area contributed by atoms with E-state index in [2.05, 4.69) is 9.97 Å². The molecular formula is C9H6N2S. The zero-order chi connectivity index (χ0) is 8.39. The van der Waals surface area contributed by atoms with Crippen LogP contribution < -0.4 is 0 Å². The summed E-state index contributed by atoms with van der Waals surface area (Å²) in [6.07, 6.45) is 1.68. The minimum absolute atomic E-state index is 0.740. The second-order valence-corrected chi connectivity index (χ2v) is 2.64. The van der Waals surface area contributed by atoms with Crippen LogP contribution in [0.3, 0.4) is 0 Å². The summed E-state index contributed by atoms with van der Waals surface area (Å²) in [6, 6.07) is 7.72. The van der Waals surface area contributed by atoms with Crippen LogP contribution in [0.25, 0.3) is 11.0 Å². The molecule has 0 atom stereocenters. The Balaban J connectivity index is 2.75. The molecule has 0 aliphatic rings. The topological polar surface area (TPSA) is 25.8 Å². The van der Waals surface area contributed by atoms with Gasteiger partial charge in [0.25, 0.3) is 0 Å². The number of benzene rings is 1. The lowest BCUT2D eigenvalue weighted by Crippen LogP contribution is -1.88. The fourth-order valence-electron chi connectivity index (χ4n) is 1.03. The van der Waals surface area contributed by atoms with E-state index in [9.17, 15) is 0 Å². The Hall–Kier alpha value is -1.35. The minimum atomic E-state index is 0.740. The second kappa shape index (κ2) is 2.95. The Kier molecular flexibility index (Phi) is 1.80. The van der Waals surface area contributed by atoms with Crippen LogP contribution in [0.2, 0.25) is 0 Å². The molecule has 0 amide bonds. The van der Waals surface area contributed by atoms with E-state index in [1.54, 1.807) is 6.20 Å². The van der Waals surface area contributed by atoms with Gasteiger partial charge in [0.2, 0.25) is 0 Å². The van der Waals surface area contributed by atoms with Crippen molar-refractivity contribution >= 4 is 28.6 Å². The van der Waals surface area contributed by atoms with E-state index in [1.807, 2.05) is 24.3 Å². The number of para-hydroxylation sites is 2. The van der Waals surface area contributed by atoms with E-state index < -0.39 is 0 Å². The van der Waals surface area contributed by atoms with Gasteiger partial charge in [0.1, 0.15) is 0 Å². The van der Waals surface area contributed by atoms with Crippen molar-refractivity contribution in [1.82, 2.24) is 9.97 Å². The first-order chi connectivity index (χ1) is 5.90. The van der Waals surface area contributed by atoms with Gasteiger partial charge in [-0.1, -0.05) is 24.4 Å². The number of fused-ring (bicyclic) bond motifs is 1. The first kappa shape index (κ1) is 7.31. The third kappa shape index (κ3) is 1.19. The molecule has 0 aliphatic carbocycles. The molecule has 0 aliphatic heterocycles. The van der Waals surface area contributed by atoms with Crippen molar-refractivity contribution in [3.05, 3.63) is 36.2 Å². The average Bonchev–Trinajstić information content (AvgIpc) is 2.17. The van der Waals surface area contributed by atoms with Gasteiger partial charge in [-0.3, -0.25) is 4.98 Å². The third-order valence-electron chi connectivity index (χ3n) is 1.59. The Bertz CT molecular complexity index is 426. The average molecular weight is 174 g/mol. The lowest BCUT2D eigenvalue weighted by molar-refractivity contribution is 1.28. The molecule has 0 radical (unpaired) electrons. The van der Waals surface area contributed by atoms with Crippen LogP contribution in [-0.4, -0.2) is 15.3 Å². The molecule has 58 valence electrons. The minimum Gasteiger partial charge on any atom is -0.252 e. The Morgan fingerprint density at radius 1 is 1.17 bits per heavy atom. The maximum absolute atomic E-state index is 4.75. The van der Waals surface area contributed by atoms with Gasteiger partial charge in [-0.2, -0.15) is 0 Å². The van der Waals surface area contributed by atoms with Gasteiger partial charge in [0, 0.05) is 5.37 Å². The van der Waals surface area contributed by atoms with Gasteiger partial charge >= 0.3 is 0 Å². The van der Waals surface area contributed by atoms with Crippen molar-refractivity contribution in [3.63, 3.8) is 0 Å². The molecule has 2 rings (SSSR count). The van der Waals surface area contributed by atoms with E-state index in [-0.39, 0.29) is 0 Å². The Morgan fingerprint density at radius 3 is 2.67 bits per heavy atom. The maximum atomic E-state index is 4.75. The van der Waals surface area contributed by atoms with Crippen molar-refractivity contribution in [1.29, 1.82) is 0 Å². The van der Waals surface area contributed by atoms with Crippen molar-refractivity contribution < 1.29 is 0 Å². The molecule has 0 bridgehead atoms. The number of aromatic nitrogens is 2. The number of thiocarbonyl (C=S) groups is 1. The molecule has 0 saturated heterocycles. The van der Waals surface area contributed by atoms with Crippen LogP contribution in [0.4, 0.5) is 0 Å². The van der Waals surface area contributed by atoms with Gasteiger partial charge in [-0.05, 0) is 12.1 Å². The van der Waals surface area contributed by atoms with Crippen LogP contribution in [-0.2, 0) is 0 Å². The lowest BCUT2D eigenvalue weighted by atomic mass is 10.3. The summed E-state index contributed by atoms with van der Waals surface area (Å²) in [5, 5.41) is 1.53. The van der Waals surface area contributed by atoms with Gasteiger partial charge in [-0.25, -0.2) is 4.98 Å². The number of rotatable bonds is 1. The molecule has 1 aromatic heterocycles. The summed E-state index contributed by atoms with van der Waals surface area (Å²) in [5.41, 5.74) is 2.53. The molecular weight excluding hydrogens is 168 g/mol. The SMILES string of the molecule is S=Cc1cnc2ccccc2n1. The van der Waals surface area contributed by atoms with Gasteiger partial charge in [-0.15, -0.1) is 0 Å². The van der Waals surface area contributed by atoms with E-state index >= 15 is 0 Å². The zero-order valence-corrected chi connectivity index (χ0v) is 7.08. The summed E-state index contributed by atoms with van der Waals surface area (Å²) in [6.45, 7) is 0. The molecule has 2 nitrogen and oxygen atoms in total. The largest absolute Gasteiger partial charge is 0.252 e. The van der Waals surface area contributed by atoms with Crippen LogP contribution in [0.15, 0.2) is 30.5 Å². The maximum Gasteiger partial charge on any atom is 0.0927 e. The smallest absolute Gasteiger partial charge is 0.0927 e. The van der Waals surface area contributed by atoms with Crippen molar-refractivity contribution in [2.24, 2.45) is 0 Å². The summed E-state index contributed by atoms with van der Waals surface area (Å²) < 4.78 is 0. The highest BCUT2D eigenvalue weighted by molar-refractivity contribution is 7.79. The van der Waals surface area contributed by atoms with Crippen molar-refractivity contribution in [2.75, 3.05) is 0 Å². The highest BCUT2D eigenvalue weighted by atomic mass is 32.1. The van der Waals surface area contributed by atoms with E-state index in [4.69, 9.17) is 12.2 Å². The predicted molar refractivity (Wildman–Crippen MR) is 52.3 cm³/mol. The second-order valence-electron chi connectivity index (χ2n) is 2.40. The highest BCUT2D eigenvalue weighted by Gasteiger charge is 1.94. The Morgan fingerprint density at radius 2 is 1.92 bits per heavy atom. The highest BCUT2D eigenvalue weighted by Crippen LogP contribution is 2.06. The number of nitrogens with zero attached hydrogens (tertiary/aromatic N) is 2. The predicted octanol–water partition coefficient (Wildman–Crippen LogP) is 1.98. The summed E-state index contributed by atoms with van der Waals surface area (Å²) in [5.74, 6) is 0. The summed E-state index contributed by atoms with van der Waals surface area (Å²) in [4.78, 5) is 8.46. The van der Waals surface area contributed by atoms with E-state index in [0.717, 1.165) is 16.7 Å². The fourth-order valence-corrected chi connectivity index (χ4v) is 1.14. The molecule has 0 unspecified atom stereocenters. The third-order valence-corrected chi connectivity index (χ3v) is 1.83. The molecule has 2 aromatic rings. The standard InChI is InChI=1S/C9H6N2S/c12-6-7-5-10-8-3-1-2-4-9(8)11-7/h1-6H. The molecule has 0 spiro atoms. The molecule has 12 heavy (non-hydrogen) atoms. The lowest BCUT2D eigenvalue weighted by Gasteiger charge is -1.95. The number of hydrogen-bond donors (Lipinski definition) is 0. The summed E-state index contributed by atoms with van der Waals surface area (Å²) >= 11 is 4.75. The molecule has 0 saturated carbocycles. The quantitative estimate of drug-likeness (QED) is 0.618. The van der Waals surface area contributed by atoms with Crippen LogP contribution in [0, 0.1) is 0 Å². The van der Waals surface area contributed by atoms with Gasteiger partial charge in [0.15, 0.2) is 0 Å². The normalized spacial score (nSPS) is 10.0. The van der Waals surface area contributed by atoms with Crippen LogP contribution >= 0.6 is 12.2 Å². The molecule has 1 heterocycles. The monoisotopic (exact) mass is 174 g/mol. The zero-order valence-electron chi connectivity index (χ0n) is 6.27. The molecule has 3 heteroatoms. The first-order valence-electron chi connectivity index (χ1n) is 3.57. The number of hydrogen-bond acceptors (Lipinski definition) is 3. The van der Waals surface area contributed by atoms with Gasteiger partial charge in [0.05, 0.1) is 22.9 Å². The Labute approximate surface area is 75.3 Å².